The van der Waals surface area contributed by atoms with Gasteiger partial charge in [0.15, 0.2) is 0 Å². The molecule has 8 nitrogen and oxygen atoms in total. The Hall–Kier alpha value is -2.72. The summed E-state index contributed by atoms with van der Waals surface area (Å²) < 4.78 is 0. The fourth-order valence-electron chi connectivity index (χ4n) is 5.22. The number of amides is 2. The van der Waals surface area contributed by atoms with Crippen LogP contribution in [0.15, 0.2) is 35.8 Å². The topological polar surface area (TPSA) is 97.0 Å². The Morgan fingerprint density at radius 2 is 2.00 bits per heavy atom. The molecule has 4 heterocycles. The van der Waals surface area contributed by atoms with Crippen molar-refractivity contribution in [3.8, 4) is 0 Å². The number of carbonyl (C=O) groups is 3. The predicted molar refractivity (Wildman–Crippen MR) is 140 cm³/mol. The SMILES string of the molecule is CC1(C)CN(Cc2cccs2)CCN1C(=O)c1cc2c(C(=O)C(=O)N3CCC(O)C3)c[nH]c2cc1Cl. The van der Waals surface area contributed by atoms with Gasteiger partial charge in [0.25, 0.3) is 17.6 Å². The van der Waals surface area contributed by atoms with Gasteiger partial charge in [-0.05, 0) is 43.8 Å². The van der Waals surface area contributed by atoms with Crippen LogP contribution in [-0.2, 0) is 11.3 Å². The number of Topliss-reactive ketones (excluding diaryl/α,β-unsaturated/α-hetero) is 1. The number of aromatic amines is 1. The number of nitrogens with zero attached hydrogens (tertiary/aromatic N) is 3. The van der Waals surface area contributed by atoms with Crippen molar-refractivity contribution in [2.24, 2.45) is 0 Å². The molecule has 0 radical (unpaired) electrons. The van der Waals surface area contributed by atoms with Crippen LogP contribution in [0.2, 0.25) is 5.02 Å². The summed E-state index contributed by atoms with van der Waals surface area (Å²) in [5.74, 6) is -1.52. The number of nitrogens with one attached hydrogen (secondary N) is 1. The number of likely N-dealkylation sites (tertiary alicyclic amines) is 1. The van der Waals surface area contributed by atoms with Crippen LogP contribution in [-0.4, -0.2) is 86.8 Å². The van der Waals surface area contributed by atoms with Crippen LogP contribution in [0.25, 0.3) is 10.9 Å². The van der Waals surface area contributed by atoms with Crippen LogP contribution in [0.4, 0.5) is 0 Å². The van der Waals surface area contributed by atoms with E-state index >= 15 is 0 Å². The molecule has 0 spiro atoms. The van der Waals surface area contributed by atoms with E-state index in [1.54, 1.807) is 23.5 Å². The molecular weight excluding hydrogens is 500 g/mol. The van der Waals surface area contributed by atoms with Crippen molar-refractivity contribution < 1.29 is 19.5 Å². The maximum atomic E-state index is 13.7. The molecule has 0 saturated carbocycles. The summed E-state index contributed by atoms with van der Waals surface area (Å²) in [5, 5.41) is 12.6. The van der Waals surface area contributed by atoms with E-state index in [-0.39, 0.29) is 18.0 Å². The van der Waals surface area contributed by atoms with Crippen molar-refractivity contribution in [2.45, 2.75) is 38.5 Å². The van der Waals surface area contributed by atoms with Gasteiger partial charge in [0.1, 0.15) is 0 Å². The monoisotopic (exact) mass is 528 g/mol. The Morgan fingerprint density at radius 3 is 2.67 bits per heavy atom. The minimum absolute atomic E-state index is 0.149. The molecule has 2 aromatic heterocycles. The van der Waals surface area contributed by atoms with Crippen molar-refractivity contribution in [2.75, 3.05) is 32.7 Å². The minimum atomic E-state index is -0.668. The van der Waals surface area contributed by atoms with Crippen molar-refractivity contribution in [3.63, 3.8) is 0 Å². The zero-order chi connectivity index (χ0) is 25.6. The molecule has 2 amide bonds. The van der Waals surface area contributed by atoms with Crippen molar-refractivity contribution in [3.05, 3.63) is 56.9 Å². The molecule has 0 aliphatic carbocycles. The van der Waals surface area contributed by atoms with Gasteiger partial charge in [-0.15, -0.1) is 11.3 Å². The molecule has 2 fully saturated rings. The molecule has 2 saturated heterocycles. The lowest BCUT2D eigenvalue weighted by Crippen LogP contribution is -2.60. The van der Waals surface area contributed by atoms with Crippen LogP contribution in [0.3, 0.4) is 0 Å². The largest absolute Gasteiger partial charge is 0.391 e. The summed E-state index contributed by atoms with van der Waals surface area (Å²) in [6.45, 7) is 7.47. The minimum Gasteiger partial charge on any atom is -0.391 e. The molecule has 5 rings (SSSR count). The zero-order valence-electron chi connectivity index (χ0n) is 20.3. The molecule has 1 aromatic carbocycles. The highest BCUT2D eigenvalue weighted by Gasteiger charge is 2.38. The van der Waals surface area contributed by atoms with E-state index < -0.39 is 23.3 Å². The van der Waals surface area contributed by atoms with Gasteiger partial charge in [0.05, 0.1) is 27.8 Å². The van der Waals surface area contributed by atoms with E-state index in [0.717, 1.165) is 19.6 Å². The maximum absolute atomic E-state index is 13.7. The Bertz CT molecular complexity index is 1320. The van der Waals surface area contributed by atoms with E-state index in [1.165, 1.54) is 16.0 Å². The van der Waals surface area contributed by atoms with Gasteiger partial charge < -0.3 is 19.9 Å². The molecule has 190 valence electrons. The fourth-order valence-corrected chi connectivity index (χ4v) is 6.21. The molecule has 1 atom stereocenters. The lowest BCUT2D eigenvalue weighted by molar-refractivity contribution is -0.125. The molecule has 0 bridgehead atoms. The molecule has 2 aliphatic rings. The Kier molecular flexibility index (Phi) is 6.67. The Labute approximate surface area is 218 Å². The van der Waals surface area contributed by atoms with Crippen LogP contribution in [0.5, 0.6) is 0 Å². The van der Waals surface area contributed by atoms with Gasteiger partial charge in [-0.25, -0.2) is 0 Å². The number of aliphatic hydroxyl groups is 1. The number of fused-ring (bicyclic) bond motifs is 1. The lowest BCUT2D eigenvalue weighted by atomic mass is 9.96. The van der Waals surface area contributed by atoms with E-state index in [2.05, 4.69) is 21.3 Å². The average Bonchev–Trinajstić information content (AvgIpc) is 3.58. The second-order valence-electron chi connectivity index (χ2n) is 10.2. The smallest absolute Gasteiger partial charge is 0.295 e. The summed E-state index contributed by atoms with van der Waals surface area (Å²) in [6, 6.07) is 7.41. The number of carbonyl (C=O) groups excluding carboxylic acids is 3. The normalized spacial score (nSPS) is 20.3. The summed E-state index contributed by atoms with van der Waals surface area (Å²) in [7, 11) is 0. The van der Waals surface area contributed by atoms with Gasteiger partial charge in [-0.1, -0.05) is 17.7 Å². The number of piperazine rings is 1. The molecular formula is C26H29ClN4O4S. The lowest BCUT2D eigenvalue weighted by Gasteiger charge is -2.47. The van der Waals surface area contributed by atoms with Gasteiger partial charge >= 0.3 is 0 Å². The molecule has 2 N–H and O–H groups in total. The third kappa shape index (κ3) is 4.68. The van der Waals surface area contributed by atoms with E-state index in [4.69, 9.17) is 11.6 Å². The first-order valence-corrected chi connectivity index (χ1v) is 13.3. The summed E-state index contributed by atoms with van der Waals surface area (Å²) in [4.78, 5) is 49.3. The first-order chi connectivity index (χ1) is 17.1. The van der Waals surface area contributed by atoms with E-state index in [1.807, 2.05) is 24.8 Å². The van der Waals surface area contributed by atoms with E-state index in [0.29, 0.717) is 41.0 Å². The van der Waals surface area contributed by atoms with Gasteiger partial charge in [-0.2, -0.15) is 0 Å². The third-order valence-corrected chi connectivity index (χ3v) is 8.25. The second kappa shape index (κ2) is 9.63. The zero-order valence-corrected chi connectivity index (χ0v) is 21.9. The molecule has 3 aromatic rings. The number of aliphatic hydroxyl groups excluding tert-OH is 1. The van der Waals surface area contributed by atoms with Crippen molar-refractivity contribution >= 4 is 51.4 Å². The molecule has 1 unspecified atom stereocenters. The average molecular weight is 529 g/mol. The highest BCUT2D eigenvalue weighted by Crippen LogP contribution is 2.31. The number of thiophene rings is 1. The number of H-pyrrole nitrogens is 1. The number of ketones is 1. The standard InChI is InChI=1S/C26H29ClN4O4S/c1-26(2)15-29(14-17-4-3-9-36-17)7-8-31(26)24(34)19-10-18-20(12-28-22(18)11-21(19)27)23(33)25(35)30-6-5-16(32)13-30/h3-4,9-12,16,28,32H,5-8,13-15H2,1-2H3. The third-order valence-electron chi connectivity index (χ3n) is 7.08. The van der Waals surface area contributed by atoms with Gasteiger partial charge in [0.2, 0.25) is 0 Å². The highest BCUT2D eigenvalue weighted by atomic mass is 35.5. The summed E-state index contributed by atoms with van der Waals surface area (Å²) in [5.41, 5.74) is 0.659. The number of β-amino-alcohol motifs (C(OH)–C–C–N with tert-alkyl or cyclic N) is 1. The molecule has 36 heavy (non-hydrogen) atoms. The Morgan fingerprint density at radius 1 is 1.19 bits per heavy atom. The highest BCUT2D eigenvalue weighted by molar-refractivity contribution is 7.09. The van der Waals surface area contributed by atoms with Gasteiger partial charge in [0, 0.05) is 61.2 Å². The first-order valence-electron chi connectivity index (χ1n) is 12.0. The van der Waals surface area contributed by atoms with Crippen molar-refractivity contribution in [1.29, 1.82) is 0 Å². The number of rotatable bonds is 5. The number of hydrogen-bond donors (Lipinski definition) is 2. The van der Waals surface area contributed by atoms with Crippen molar-refractivity contribution in [1.82, 2.24) is 19.7 Å². The number of benzene rings is 1. The quantitative estimate of drug-likeness (QED) is 0.391. The number of halogens is 1. The van der Waals surface area contributed by atoms with Crippen LogP contribution >= 0.6 is 22.9 Å². The fraction of sp³-hybridized carbons (Fsp3) is 0.423. The van der Waals surface area contributed by atoms with Crippen LogP contribution in [0.1, 0.15) is 45.9 Å². The first kappa shape index (κ1) is 25.0. The maximum Gasteiger partial charge on any atom is 0.295 e. The summed E-state index contributed by atoms with van der Waals surface area (Å²) >= 11 is 8.27. The predicted octanol–water partition coefficient (Wildman–Crippen LogP) is 3.40. The Balaban J connectivity index is 1.38. The summed E-state index contributed by atoms with van der Waals surface area (Å²) in [6.07, 6.45) is 1.33. The molecule has 10 heteroatoms. The number of aromatic nitrogens is 1. The van der Waals surface area contributed by atoms with Crippen LogP contribution < -0.4 is 0 Å². The molecule has 2 aliphatic heterocycles. The second-order valence-corrected chi connectivity index (χ2v) is 11.6. The number of hydrogen-bond acceptors (Lipinski definition) is 6. The van der Waals surface area contributed by atoms with E-state index in [9.17, 15) is 19.5 Å². The van der Waals surface area contributed by atoms with Gasteiger partial charge in [-0.3, -0.25) is 19.3 Å². The van der Waals surface area contributed by atoms with Crippen LogP contribution in [0, 0.1) is 0 Å².